The van der Waals surface area contributed by atoms with Gasteiger partial charge in [-0.15, -0.1) is 4.40 Å². The summed E-state index contributed by atoms with van der Waals surface area (Å²) < 4.78 is 30.4. The zero-order valence-corrected chi connectivity index (χ0v) is 19.7. The van der Waals surface area contributed by atoms with Crippen LogP contribution in [0.5, 0.6) is 0 Å². The predicted octanol–water partition coefficient (Wildman–Crippen LogP) is 4.21. The van der Waals surface area contributed by atoms with Gasteiger partial charge in [0, 0.05) is 36.2 Å². The second-order valence-electron chi connectivity index (χ2n) is 7.92. The first-order valence-electron chi connectivity index (χ1n) is 11.0. The fraction of sp³-hybridized carbons (Fsp3) is 0.111. The number of aromatic nitrogens is 1. The van der Waals surface area contributed by atoms with Gasteiger partial charge >= 0.3 is 0 Å². The minimum Gasteiger partial charge on any atom is -0.369 e. The topological polar surface area (TPSA) is 102 Å². The average Bonchev–Trinajstić information content (AvgIpc) is 2.84. The van der Waals surface area contributed by atoms with Gasteiger partial charge in [-0.1, -0.05) is 55.5 Å². The molecule has 4 aromatic rings. The molecule has 0 bridgehead atoms. The monoisotopic (exact) mass is 471 g/mol. The number of hydrogen-bond donors (Lipinski definition) is 2. The third-order valence-corrected chi connectivity index (χ3v) is 6.76. The molecule has 1 aromatic heterocycles. The molecule has 0 spiro atoms. The number of hydrogen-bond acceptors (Lipinski definition) is 2. The van der Waals surface area contributed by atoms with Crippen molar-refractivity contribution in [1.29, 1.82) is 0 Å². The molecule has 6 nitrogen and oxygen atoms in total. The Morgan fingerprint density at radius 1 is 0.794 bits per heavy atom. The van der Waals surface area contributed by atoms with Crippen LogP contribution in [0.1, 0.15) is 19.0 Å². The highest BCUT2D eigenvalue weighted by Gasteiger charge is 2.24. The van der Waals surface area contributed by atoms with E-state index in [2.05, 4.69) is 52.3 Å². The van der Waals surface area contributed by atoms with Crippen molar-refractivity contribution in [3.8, 4) is 28.1 Å². The van der Waals surface area contributed by atoms with Crippen LogP contribution in [0.2, 0.25) is 0 Å². The maximum absolute atomic E-state index is 12.4. The molecule has 1 heterocycles. The Balaban J connectivity index is 1.93. The molecule has 0 atom stereocenters. The van der Waals surface area contributed by atoms with E-state index in [4.69, 9.17) is 11.5 Å². The summed E-state index contributed by atoms with van der Waals surface area (Å²) in [7, 11) is -3.96. The molecule has 7 heteroatoms. The van der Waals surface area contributed by atoms with Gasteiger partial charge in [0.25, 0.3) is 10.0 Å². The predicted molar refractivity (Wildman–Crippen MR) is 136 cm³/mol. The Hall–Kier alpha value is -3.97. The smallest absolute Gasteiger partial charge is 0.285 e. The second-order valence-corrected chi connectivity index (χ2v) is 9.53. The van der Waals surface area contributed by atoms with Gasteiger partial charge in [0.1, 0.15) is 0 Å². The number of sulfonamides is 1. The number of benzene rings is 3. The molecule has 0 unspecified atom stereocenters. The Bertz CT molecular complexity index is 1410. The van der Waals surface area contributed by atoms with Crippen LogP contribution in [0.25, 0.3) is 28.1 Å². The molecular weight excluding hydrogens is 444 g/mol. The average molecular weight is 472 g/mol. The van der Waals surface area contributed by atoms with E-state index < -0.39 is 16.0 Å². The van der Waals surface area contributed by atoms with Crippen LogP contribution in [-0.4, -0.2) is 14.4 Å². The van der Waals surface area contributed by atoms with E-state index in [1.54, 1.807) is 12.1 Å². The lowest BCUT2D eigenvalue weighted by Gasteiger charge is -2.12. The lowest BCUT2D eigenvalue weighted by molar-refractivity contribution is -0.592. The molecule has 0 aliphatic carbocycles. The zero-order chi connectivity index (χ0) is 24.1. The molecule has 34 heavy (non-hydrogen) atoms. The van der Waals surface area contributed by atoms with Gasteiger partial charge in [-0.25, -0.2) is 0 Å². The number of aryl methyl sites for hydroxylation is 1. The maximum atomic E-state index is 12.4. The summed E-state index contributed by atoms with van der Waals surface area (Å²) in [5, 5.41) is 0. The third-order valence-electron chi connectivity index (χ3n) is 5.44. The fourth-order valence-corrected chi connectivity index (χ4v) is 4.84. The first-order valence-corrected chi connectivity index (χ1v) is 12.5. The van der Waals surface area contributed by atoms with E-state index in [0.29, 0.717) is 0 Å². The summed E-state index contributed by atoms with van der Waals surface area (Å²) in [4.78, 5) is 0.0319. The van der Waals surface area contributed by atoms with Crippen molar-refractivity contribution in [2.75, 3.05) is 0 Å². The summed E-state index contributed by atoms with van der Waals surface area (Å²) >= 11 is 0. The van der Waals surface area contributed by atoms with Gasteiger partial charge < -0.3 is 11.5 Å². The maximum Gasteiger partial charge on any atom is 0.285 e. The molecule has 0 radical (unpaired) electrons. The first-order chi connectivity index (χ1) is 16.4. The van der Waals surface area contributed by atoms with Crippen molar-refractivity contribution in [2.45, 2.75) is 24.7 Å². The molecule has 0 fully saturated rings. The van der Waals surface area contributed by atoms with Gasteiger partial charge in [0.2, 0.25) is 17.3 Å². The summed E-state index contributed by atoms with van der Waals surface area (Å²) in [5.41, 5.74) is 16.9. The number of nitrogens with two attached hydrogens (primary N) is 2. The van der Waals surface area contributed by atoms with Gasteiger partial charge in [-0.2, -0.15) is 13.0 Å². The molecule has 172 valence electrons. The molecule has 4 rings (SSSR count). The van der Waals surface area contributed by atoms with E-state index in [0.717, 1.165) is 46.6 Å². The Labute approximate surface area is 200 Å². The van der Waals surface area contributed by atoms with Crippen molar-refractivity contribution in [1.82, 2.24) is 0 Å². The van der Waals surface area contributed by atoms with Crippen molar-refractivity contribution in [2.24, 2.45) is 15.9 Å². The molecule has 0 saturated carbocycles. The molecule has 4 N–H and O–H groups in total. The van der Waals surface area contributed by atoms with E-state index in [9.17, 15) is 8.42 Å². The van der Waals surface area contributed by atoms with E-state index in [-0.39, 0.29) is 4.90 Å². The fourth-order valence-electron chi connectivity index (χ4n) is 3.97. The van der Waals surface area contributed by atoms with Crippen molar-refractivity contribution >= 4 is 16.0 Å². The lowest BCUT2D eigenvalue weighted by Crippen LogP contribution is -2.38. The summed E-state index contributed by atoms with van der Waals surface area (Å²) in [6, 6.07) is 31.5. The van der Waals surface area contributed by atoms with Crippen LogP contribution >= 0.6 is 0 Å². The van der Waals surface area contributed by atoms with Crippen LogP contribution < -0.4 is 16.0 Å². The number of guanidine groups is 1. The summed E-state index contributed by atoms with van der Waals surface area (Å²) in [6.45, 7) is 2.15. The number of pyridine rings is 1. The molecule has 0 aliphatic heterocycles. The van der Waals surface area contributed by atoms with Crippen LogP contribution in [0.4, 0.5) is 0 Å². The zero-order valence-electron chi connectivity index (χ0n) is 18.9. The van der Waals surface area contributed by atoms with Gasteiger partial charge in [0.05, 0.1) is 4.90 Å². The SMILES string of the molecule is CCCc1cc(-c2ccccc2)cc(-c2ccccc2)[n+]1-c1ccc(S(=O)(=O)N=C(N)N)cc1. The number of rotatable bonds is 7. The Morgan fingerprint density at radius 3 is 1.94 bits per heavy atom. The highest BCUT2D eigenvalue weighted by atomic mass is 32.2. The first kappa shape index (κ1) is 23.2. The molecular formula is C27H27N4O2S+. The molecule has 0 saturated heterocycles. The molecule has 3 aromatic carbocycles. The van der Waals surface area contributed by atoms with Gasteiger partial charge in [-0.3, -0.25) is 0 Å². The summed E-state index contributed by atoms with van der Waals surface area (Å²) in [6.07, 6.45) is 1.82. The van der Waals surface area contributed by atoms with Crippen LogP contribution in [0, 0.1) is 0 Å². The van der Waals surface area contributed by atoms with Crippen LogP contribution in [-0.2, 0) is 16.4 Å². The minimum atomic E-state index is -3.96. The van der Waals surface area contributed by atoms with Gasteiger partial charge in [-0.05, 0) is 41.8 Å². The second kappa shape index (κ2) is 9.89. The van der Waals surface area contributed by atoms with Crippen molar-refractivity contribution < 1.29 is 13.0 Å². The summed E-state index contributed by atoms with van der Waals surface area (Å²) in [5.74, 6) is -0.494. The lowest BCUT2D eigenvalue weighted by atomic mass is 9.99. The van der Waals surface area contributed by atoms with Crippen LogP contribution in [0.3, 0.4) is 0 Å². The van der Waals surface area contributed by atoms with Crippen molar-refractivity contribution in [3.63, 3.8) is 0 Å². The molecule has 0 aliphatic rings. The van der Waals surface area contributed by atoms with E-state index >= 15 is 0 Å². The highest BCUT2D eigenvalue weighted by Crippen LogP contribution is 2.27. The standard InChI is InChI=1S/C27H27N4O2S/c1-2-9-24-18-22(20-10-5-3-6-11-20)19-26(21-12-7-4-8-13-21)31(24)23-14-16-25(17-15-23)34(32,33)30-27(28)29/h3-8,10-19H,2,9H2,1H3,(H4,28,29,30)/q+1. The largest absolute Gasteiger partial charge is 0.369 e. The van der Waals surface area contributed by atoms with E-state index in [1.165, 1.54) is 12.1 Å². The molecule has 0 amide bonds. The quantitative estimate of drug-likeness (QED) is 0.239. The number of nitrogens with zero attached hydrogens (tertiary/aromatic N) is 2. The normalized spacial score (nSPS) is 11.2. The van der Waals surface area contributed by atoms with Crippen LogP contribution in [0.15, 0.2) is 106 Å². The Morgan fingerprint density at radius 2 is 1.38 bits per heavy atom. The van der Waals surface area contributed by atoms with E-state index in [1.807, 2.05) is 36.4 Å². The highest BCUT2D eigenvalue weighted by molar-refractivity contribution is 7.90. The minimum absolute atomic E-state index is 0.0319. The third kappa shape index (κ3) is 5.00. The van der Waals surface area contributed by atoms with Crippen molar-refractivity contribution in [3.05, 3.63) is 103 Å². The van der Waals surface area contributed by atoms with Gasteiger partial charge in [0.15, 0.2) is 5.69 Å². The Kier molecular flexibility index (Phi) is 6.75.